The highest BCUT2D eigenvalue weighted by atomic mass is 16.5. The third-order valence-corrected chi connectivity index (χ3v) is 2.48. The van der Waals surface area contributed by atoms with E-state index < -0.39 is 0 Å². The van der Waals surface area contributed by atoms with Gasteiger partial charge in [-0.05, 0) is 25.2 Å². The number of phenols is 1. The molecule has 1 aromatic heterocycles. The van der Waals surface area contributed by atoms with E-state index >= 15 is 0 Å². The van der Waals surface area contributed by atoms with Crippen LogP contribution in [-0.2, 0) is 6.42 Å². The molecule has 6 heteroatoms. The summed E-state index contributed by atoms with van der Waals surface area (Å²) in [6.07, 6.45) is 0.672. The second-order valence-corrected chi connectivity index (χ2v) is 3.74. The van der Waals surface area contributed by atoms with E-state index in [-0.39, 0.29) is 5.75 Å². The van der Waals surface area contributed by atoms with Crippen molar-refractivity contribution < 1.29 is 14.3 Å². The maximum absolute atomic E-state index is 9.68. The summed E-state index contributed by atoms with van der Waals surface area (Å²) in [6, 6.07) is 4.95. The zero-order chi connectivity index (χ0) is 13.0. The molecule has 1 heterocycles. The molecule has 2 rings (SSSR count). The molecule has 0 saturated carbocycles. The molecule has 18 heavy (non-hydrogen) atoms. The monoisotopic (exact) mass is 249 g/mol. The molecule has 2 N–H and O–H groups in total. The van der Waals surface area contributed by atoms with Crippen molar-refractivity contribution in [3.8, 4) is 23.0 Å². The fraction of sp³-hybridized carbons (Fsp3) is 0.333. The molecule has 96 valence electrons. The van der Waals surface area contributed by atoms with Crippen molar-refractivity contribution in [3.05, 3.63) is 24.1 Å². The molecule has 2 aromatic rings. The molecular formula is C12H15N3O3. The van der Waals surface area contributed by atoms with Gasteiger partial charge in [-0.1, -0.05) is 0 Å². The van der Waals surface area contributed by atoms with Crippen molar-refractivity contribution in [1.29, 1.82) is 0 Å². The summed E-state index contributed by atoms with van der Waals surface area (Å²) in [7, 11) is 3.36. The number of ether oxygens (including phenoxy) is 1. The Kier molecular flexibility index (Phi) is 3.78. The van der Waals surface area contributed by atoms with Crippen molar-refractivity contribution in [2.24, 2.45) is 0 Å². The van der Waals surface area contributed by atoms with Crippen LogP contribution >= 0.6 is 0 Å². The Hall–Kier alpha value is -2.08. The number of aromatic nitrogens is 2. The zero-order valence-electron chi connectivity index (χ0n) is 10.3. The first-order chi connectivity index (χ1) is 8.74. The predicted molar refractivity (Wildman–Crippen MR) is 65.6 cm³/mol. The highest BCUT2D eigenvalue weighted by Crippen LogP contribution is 2.30. The first kappa shape index (κ1) is 12.4. The van der Waals surface area contributed by atoms with Gasteiger partial charge in [-0.3, -0.25) is 0 Å². The maximum atomic E-state index is 9.68. The van der Waals surface area contributed by atoms with E-state index in [0.717, 1.165) is 6.54 Å². The van der Waals surface area contributed by atoms with E-state index in [4.69, 9.17) is 9.15 Å². The van der Waals surface area contributed by atoms with Gasteiger partial charge in [0.25, 0.3) is 0 Å². The Labute approximate surface area is 105 Å². The fourth-order valence-electron chi connectivity index (χ4n) is 1.53. The van der Waals surface area contributed by atoms with Crippen LogP contribution in [0, 0.1) is 0 Å². The van der Waals surface area contributed by atoms with Gasteiger partial charge in [-0.25, -0.2) is 0 Å². The summed E-state index contributed by atoms with van der Waals surface area (Å²) in [5, 5.41) is 20.6. The number of benzene rings is 1. The van der Waals surface area contributed by atoms with Crippen molar-refractivity contribution in [3.63, 3.8) is 0 Å². The fourth-order valence-corrected chi connectivity index (χ4v) is 1.53. The number of likely N-dealkylation sites (N-methyl/N-ethyl adjacent to an activating group) is 1. The molecular weight excluding hydrogens is 234 g/mol. The molecule has 0 spiro atoms. The van der Waals surface area contributed by atoms with Crippen LogP contribution in [0.2, 0.25) is 0 Å². The zero-order valence-corrected chi connectivity index (χ0v) is 10.3. The third kappa shape index (κ3) is 2.60. The number of phenolic OH excluding ortho intramolecular Hbond substituents is 1. The van der Waals surface area contributed by atoms with Gasteiger partial charge in [0.2, 0.25) is 11.8 Å². The Morgan fingerprint density at radius 1 is 1.39 bits per heavy atom. The van der Waals surface area contributed by atoms with Crippen molar-refractivity contribution in [2.75, 3.05) is 20.7 Å². The lowest BCUT2D eigenvalue weighted by atomic mass is 10.2. The second-order valence-electron chi connectivity index (χ2n) is 3.74. The molecule has 0 aliphatic carbocycles. The maximum Gasteiger partial charge on any atom is 0.247 e. The van der Waals surface area contributed by atoms with Crippen LogP contribution in [0.5, 0.6) is 11.5 Å². The minimum atomic E-state index is 0.0463. The van der Waals surface area contributed by atoms with E-state index in [1.54, 1.807) is 12.1 Å². The molecule has 0 radical (unpaired) electrons. The Morgan fingerprint density at radius 3 is 2.89 bits per heavy atom. The molecule has 0 amide bonds. The number of rotatable bonds is 5. The number of nitrogens with zero attached hydrogens (tertiary/aromatic N) is 2. The van der Waals surface area contributed by atoms with Crippen LogP contribution < -0.4 is 10.1 Å². The normalized spacial score (nSPS) is 10.6. The van der Waals surface area contributed by atoms with E-state index in [9.17, 15) is 5.11 Å². The van der Waals surface area contributed by atoms with E-state index in [1.807, 2.05) is 7.05 Å². The van der Waals surface area contributed by atoms with Crippen molar-refractivity contribution in [2.45, 2.75) is 6.42 Å². The summed E-state index contributed by atoms with van der Waals surface area (Å²) < 4.78 is 10.5. The lowest BCUT2D eigenvalue weighted by Gasteiger charge is -2.03. The second kappa shape index (κ2) is 5.50. The SMILES string of the molecule is CNCCc1nnc(-c2ccc(OC)c(O)c2)o1. The quantitative estimate of drug-likeness (QED) is 0.829. The molecule has 0 bridgehead atoms. The molecule has 0 unspecified atom stereocenters. The molecule has 0 atom stereocenters. The highest BCUT2D eigenvalue weighted by molar-refractivity contribution is 5.59. The Morgan fingerprint density at radius 2 is 2.22 bits per heavy atom. The van der Waals surface area contributed by atoms with E-state index in [2.05, 4.69) is 15.5 Å². The average molecular weight is 249 g/mol. The third-order valence-electron chi connectivity index (χ3n) is 2.48. The molecule has 0 aliphatic heterocycles. The lowest BCUT2D eigenvalue weighted by Crippen LogP contribution is -2.10. The van der Waals surface area contributed by atoms with Crippen LogP contribution in [0.3, 0.4) is 0 Å². The average Bonchev–Trinajstić information content (AvgIpc) is 2.85. The number of hydrogen-bond donors (Lipinski definition) is 2. The number of aromatic hydroxyl groups is 1. The van der Waals surface area contributed by atoms with E-state index in [1.165, 1.54) is 13.2 Å². The molecule has 0 fully saturated rings. The van der Waals surface area contributed by atoms with Gasteiger partial charge in [0, 0.05) is 18.5 Å². The predicted octanol–water partition coefficient (Wildman–Crippen LogP) is 1.21. The Balaban J connectivity index is 2.20. The molecule has 6 nitrogen and oxygen atoms in total. The van der Waals surface area contributed by atoms with Gasteiger partial charge in [-0.15, -0.1) is 10.2 Å². The topological polar surface area (TPSA) is 80.4 Å². The van der Waals surface area contributed by atoms with Gasteiger partial charge < -0.3 is 19.6 Å². The minimum absolute atomic E-state index is 0.0463. The Bertz CT molecular complexity index is 525. The smallest absolute Gasteiger partial charge is 0.247 e. The summed E-state index contributed by atoms with van der Waals surface area (Å²) in [5.74, 6) is 1.41. The first-order valence-corrected chi connectivity index (χ1v) is 5.59. The first-order valence-electron chi connectivity index (χ1n) is 5.59. The summed E-state index contributed by atoms with van der Waals surface area (Å²) in [4.78, 5) is 0. The summed E-state index contributed by atoms with van der Waals surface area (Å²) in [5.41, 5.74) is 0.663. The minimum Gasteiger partial charge on any atom is -0.504 e. The van der Waals surface area contributed by atoms with Gasteiger partial charge in [0.15, 0.2) is 11.5 Å². The van der Waals surface area contributed by atoms with E-state index in [0.29, 0.717) is 29.5 Å². The van der Waals surface area contributed by atoms with Crippen molar-refractivity contribution >= 4 is 0 Å². The van der Waals surface area contributed by atoms with Crippen LogP contribution in [0.15, 0.2) is 22.6 Å². The van der Waals surface area contributed by atoms with Crippen molar-refractivity contribution in [1.82, 2.24) is 15.5 Å². The standard InChI is InChI=1S/C12H15N3O3/c1-13-6-5-11-14-15-12(18-11)8-3-4-10(17-2)9(16)7-8/h3-4,7,13,16H,5-6H2,1-2H3. The summed E-state index contributed by atoms with van der Waals surface area (Å²) in [6.45, 7) is 0.773. The van der Waals surface area contributed by atoms with Crippen LogP contribution in [0.1, 0.15) is 5.89 Å². The molecule has 0 aliphatic rings. The van der Waals surface area contributed by atoms with Gasteiger partial charge >= 0.3 is 0 Å². The number of nitrogens with one attached hydrogen (secondary N) is 1. The largest absolute Gasteiger partial charge is 0.504 e. The van der Waals surface area contributed by atoms with Gasteiger partial charge in [0.1, 0.15) is 0 Å². The lowest BCUT2D eigenvalue weighted by molar-refractivity contribution is 0.373. The number of methoxy groups -OCH3 is 1. The molecule has 0 saturated heterocycles. The number of hydrogen-bond acceptors (Lipinski definition) is 6. The summed E-state index contributed by atoms with van der Waals surface area (Å²) >= 11 is 0. The highest BCUT2D eigenvalue weighted by Gasteiger charge is 2.10. The molecule has 1 aromatic carbocycles. The van der Waals surface area contributed by atoms with Crippen LogP contribution in [-0.4, -0.2) is 36.0 Å². The van der Waals surface area contributed by atoms with Gasteiger partial charge in [0.05, 0.1) is 7.11 Å². The van der Waals surface area contributed by atoms with Crippen LogP contribution in [0.4, 0.5) is 0 Å². The van der Waals surface area contributed by atoms with Crippen LogP contribution in [0.25, 0.3) is 11.5 Å². The van der Waals surface area contributed by atoms with Gasteiger partial charge in [-0.2, -0.15) is 0 Å².